The first-order valence-electron chi connectivity index (χ1n) is 8.69. The third-order valence-electron chi connectivity index (χ3n) is 4.48. The average Bonchev–Trinajstić information content (AvgIpc) is 3.23. The van der Waals surface area contributed by atoms with Gasteiger partial charge in [-0.05, 0) is 31.0 Å². The Balaban J connectivity index is 1.88. The van der Waals surface area contributed by atoms with E-state index in [-0.39, 0.29) is 17.6 Å². The molecule has 3 rings (SSSR count). The molecule has 2 heterocycles. The fourth-order valence-electron chi connectivity index (χ4n) is 3.14. The maximum atomic E-state index is 11.4. The maximum Gasteiger partial charge on any atom is 0.335 e. The number of carbonyl (C=O) groups is 2. The van der Waals surface area contributed by atoms with Gasteiger partial charge in [0.25, 0.3) is 0 Å². The van der Waals surface area contributed by atoms with Gasteiger partial charge in [-0.15, -0.1) is 0 Å². The largest absolute Gasteiger partial charge is 0.478 e. The Morgan fingerprint density at radius 2 is 2.28 bits per heavy atom. The molecule has 0 bridgehead atoms. The Hall–Kier alpha value is -2.41. The van der Waals surface area contributed by atoms with Crippen molar-refractivity contribution in [3.05, 3.63) is 29.6 Å². The lowest BCUT2D eigenvalue weighted by Gasteiger charge is -2.14. The van der Waals surface area contributed by atoms with Gasteiger partial charge in [-0.2, -0.15) is 0 Å². The second kappa shape index (κ2) is 7.65. The van der Waals surface area contributed by atoms with Gasteiger partial charge in [-0.3, -0.25) is 4.79 Å². The average molecular weight is 345 g/mol. The van der Waals surface area contributed by atoms with Crippen LogP contribution < -0.4 is 5.32 Å². The summed E-state index contributed by atoms with van der Waals surface area (Å²) >= 11 is 0. The summed E-state index contributed by atoms with van der Waals surface area (Å²) in [6.07, 6.45) is 3.27. The molecule has 1 amide bonds. The molecule has 2 aromatic rings. The Morgan fingerprint density at radius 3 is 2.96 bits per heavy atom. The standard InChI is InChI=1S/C18H23N3O4/c1-2-17(22)19-8-7-16-20-14-10-12(18(23)24)5-6-15(14)21(16)11-13-4-3-9-25-13/h5-6,10,13H,2-4,7-9,11H2,1H3,(H,19,22)(H,23,24). The van der Waals surface area contributed by atoms with Gasteiger partial charge < -0.3 is 19.7 Å². The van der Waals surface area contributed by atoms with E-state index in [9.17, 15) is 14.7 Å². The van der Waals surface area contributed by atoms with Gasteiger partial charge in [0, 0.05) is 26.0 Å². The number of aromatic nitrogens is 2. The van der Waals surface area contributed by atoms with E-state index in [0.717, 1.165) is 30.8 Å². The van der Waals surface area contributed by atoms with Gasteiger partial charge in [0.2, 0.25) is 5.91 Å². The molecule has 1 aromatic carbocycles. The number of rotatable bonds is 7. The lowest BCUT2D eigenvalue weighted by Crippen LogP contribution is -2.26. The summed E-state index contributed by atoms with van der Waals surface area (Å²) in [7, 11) is 0. The van der Waals surface area contributed by atoms with Crippen LogP contribution in [0.15, 0.2) is 18.2 Å². The van der Waals surface area contributed by atoms with Crippen molar-refractivity contribution in [2.75, 3.05) is 13.2 Å². The number of carboxylic acid groups (broad SMARTS) is 1. The summed E-state index contributed by atoms with van der Waals surface area (Å²) in [4.78, 5) is 27.2. The summed E-state index contributed by atoms with van der Waals surface area (Å²) in [5.41, 5.74) is 1.78. The molecule has 7 heteroatoms. The molecule has 0 saturated carbocycles. The normalized spacial score (nSPS) is 17.1. The fraction of sp³-hybridized carbons (Fsp3) is 0.500. The lowest BCUT2D eigenvalue weighted by atomic mass is 10.2. The van der Waals surface area contributed by atoms with E-state index in [0.29, 0.717) is 31.4 Å². The van der Waals surface area contributed by atoms with Crippen LogP contribution in [-0.4, -0.2) is 45.8 Å². The fourth-order valence-corrected chi connectivity index (χ4v) is 3.14. The number of hydrogen-bond donors (Lipinski definition) is 2. The van der Waals surface area contributed by atoms with Gasteiger partial charge in [0.1, 0.15) is 5.82 Å². The summed E-state index contributed by atoms with van der Waals surface area (Å²) in [6, 6.07) is 4.99. The van der Waals surface area contributed by atoms with Crippen molar-refractivity contribution in [2.24, 2.45) is 0 Å². The highest BCUT2D eigenvalue weighted by atomic mass is 16.5. The SMILES string of the molecule is CCC(=O)NCCc1nc2cc(C(=O)O)ccc2n1CC1CCCO1. The molecule has 7 nitrogen and oxygen atoms in total. The highest BCUT2D eigenvalue weighted by molar-refractivity contribution is 5.92. The predicted molar refractivity (Wildman–Crippen MR) is 92.7 cm³/mol. The molecule has 1 fully saturated rings. The van der Waals surface area contributed by atoms with Crippen LogP contribution >= 0.6 is 0 Å². The van der Waals surface area contributed by atoms with Crippen LogP contribution in [0.5, 0.6) is 0 Å². The number of nitrogens with zero attached hydrogens (tertiary/aromatic N) is 2. The van der Waals surface area contributed by atoms with E-state index >= 15 is 0 Å². The summed E-state index contributed by atoms with van der Waals surface area (Å²) in [6.45, 7) is 3.80. The van der Waals surface area contributed by atoms with Crippen molar-refractivity contribution in [1.29, 1.82) is 0 Å². The van der Waals surface area contributed by atoms with E-state index in [4.69, 9.17) is 4.74 Å². The number of ether oxygens (including phenoxy) is 1. The monoisotopic (exact) mass is 345 g/mol. The number of nitrogens with one attached hydrogen (secondary N) is 1. The predicted octanol–water partition coefficient (Wildman–Crippen LogP) is 1.98. The first-order valence-corrected chi connectivity index (χ1v) is 8.69. The molecular weight excluding hydrogens is 322 g/mol. The van der Waals surface area contributed by atoms with Crippen LogP contribution in [0.2, 0.25) is 0 Å². The quantitative estimate of drug-likeness (QED) is 0.800. The number of imidazole rings is 1. The highest BCUT2D eigenvalue weighted by Gasteiger charge is 2.20. The molecular formula is C18H23N3O4. The molecule has 1 aliphatic rings. The maximum absolute atomic E-state index is 11.4. The smallest absolute Gasteiger partial charge is 0.335 e. The van der Waals surface area contributed by atoms with Crippen molar-refractivity contribution in [3.63, 3.8) is 0 Å². The van der Waals surface area contributed by atoms with Gasteiger partial charge in [0.15, 0.2) is 0 Å². The number of carboxylic acids is 1. The van der Waals surface area contributed by atoms with Crippen LogP contribution in [0.3, 0.4) is 0 Å². The Morgan fingerprint density at radius 1 is 1.44 bits per heavy atom. The Kier molecular flexibility index (Phi) is 5.33. The Bertz CT molecular complexity index is 778. The molecule has 1 saturated heterocycles. The van der Waals surface area contributed by atoms with E-state index in [2.05, 4.69) is 14.9 Å². The first-order chi connectivity index (χ1) is 12.1. The van der Waals surface area contributed by atoms with Crippen molar-refractivity contribution >= 4 is 22.9 Å². The van der Waals surface area contributed by atoms with Crippen LogP contribution in [0.4, 0.5) is 0 Å². The number of benzene rings is 1. The van der Waals surface area contributed by atoms with Gasteiger partial charge in [-0.1, -0.05) is 6.92 Å². The minimum Gasteiger partial charge on any atom is -0.478 e. The van der Waals surface area contributed by atoms with Crippen LogP contribution in [0.1, 0.15) is 42.4 Å². The molecule has 0 aliphatic carbocycles. The van der Waals surface area contributed by atoms with Crippen molar-refractivity contribution in [3.8, 4) is 0 Å². The molecule has 0 radical (unpaired) electrons. The Labute approximate surface area is 146 Å². The minimum absolute atomic E-state index is 0.00921. The molecule has 1 aliphatic heterocycles. The van der Waals surface area contributed by atoms with E-state index in [1.807, 2.05) is 6.92 Å². The van der Waals surface area contributed by atoms with Gasteiger partial charge in [0.05, 0.1) is 29.2 Å². The first kappa shape index (κ1) is 17.4. The number of amides is 1. The van der Waals surface area contributed by atoms with Crippen LogP contribution in [-0.2, 0) is 22.5 Å². The molecule has 25 heavy (non-hydrogen) atoms. The number of carbonyl (C=O) groups excluding carboxylic acids is 1. The molecule has 1 atom stereocenters. The number of aromatic carboxylic acids is 1. The van der Waals surface area contributed by atoms with Crippen LogP contribution in [0.25, 0.3) is 11.0 Å². The number of fused-ring (bicyclic) bond motifs is 1. The second-order valence-corrected chi connectivity index (χ2v) is 6.24. The van der Waals surface area contributed by atoms with Crippen molar-refractivity contribution in [1.82, 2.24) is 14.9 Å². The summed E-state index contributed by atoms with van der Waals surface area (Å²) < 4.78 is 7.83. The summed E-state index contributed by atoms with van der Waals surface area (Å²) in [5.74, 6) is -0.119. The van der Waals surface area contributed by atoms with Crippen molar-refractivity contribution < 1.29 is 19.4 Å². The molecule has 1 unspecified atom stereocenters. The number of hydrogen-bond acceptors (Lipinski definition) is 4. The molecule has 134 valence electrons. The molecule has 1 aromatic heterocycles. The molecule has 2 N–H and O–H groups in total. The zero-order valence-corrected chi connectivity index (χ0v) is 14.3. The topological polar surface area (TPSA) is 93.5 Å². The van der Waals surface area contributed by atoms with Gasteiger partial charge >= 0.3 is 5.97 Å². The lowest BCUT2D eigenvalue weighted by molar-refractivity contribution is -0.120. The third kappa shape index (κ3) is 3.99. The highest BCUT2D eigenvalue weighted by Crippen LogP contribution is 2.22. The third-order valence-corrected chi connectivity index (χ3v) is 4.48. The minimum atomic E-state index is -0.965. The van der Waals surface area contributed by atoms with Crippen molar-refractivity contribution in [2.45, 2.75) is 45.3 Å². The summed E-state index contributed by atoms with van der Waals surface area (Å²) in [5, 5.41) is 12.0. The van der Waals surface area contributed by atoms with E-state index in [1.54, 1.807) is 18.2 Å². The van der Waals surface area contributed by atoms with E-state index < -0.39 is 5.97 Å². The van der Waals surface area contributed by atoms with Gasteiger partial charge in [-0.25, -0.2) is 9.78 Å². The second-order valence-electron chi connectivity index (χ2n) is 6.24. The molecule has 0 spiro atoms. The van der Waals surface area contributed by atoms with Crippen LogP contribution in [0, 0.1) is 0 Å². The zero-order valence-electron chi connectivity index (χ0n) is 14.3. The van der Waals surface area contributed by atoms with E-state index in [1.165, 1.54) is 0 Å². The zero-order chi connectivity index (χ0) is 17.8.